The highest BCUT2D eigenvalue weighted by molar-refractivity contribution is 6.57. The number of nitrogens with zero attached hydrogens (tertiary/aromatic N) is 4. The fraction of sp³-hybridized carbons (Fsp3) is 0.171. The first kappa shape index (κ1) is 95.8. The minimum Gasteiger partial charge on any atom is -0.889 e. The van der Waals surface area contributed by atoms with Crippen LogP contribution < -0.4 is 143 Å². The average molecular weight is 1530 g/mol. The molecule has 2 aromatic heterocycles. The maximum atomic E-state index is 12.0. The van der Waals surface area contributed by atoms with Crippen molar-refractivity contribution in [3.8, 4) is 11.5 Å². The van der Waals surface area contributed by atoms with Gasteiger partial charge < -0.3 is 99.7 Å². The number of hydrogen-bond acceptors (Lipinski definition) is 20. The van der Waals surface area contributed by atoms with Gasteiger partial charge in [0.05, 0.1) is 0 Å². The number of hydrogen-bond donors (Lipinski definition) is 0. The molecule has 0 atom stereocenters. The van der Waals surface area contributed by atoms with Gasteiger partial charge in [-0.25, -0.2) is 18.7 Å². The van der Waals surface area contributed by atoms with Crippen LogP contribution in [0.1, 0.15) is 51.4 Å². The molecule has 24 nitrogen and oxygen atoms in total. The molecule has 0 bridgehead atoms. The summed E-state index contributed by atoms with van der Waals surface area (Å²) >= 11 is 0. The molecule has 12 aromatic rings. The Hall–Kier alpha value is -10.6. The Morgan fingerprint density at radius 3 is 0.605 bits per heavy atom. The molecule has 0 spiro atoms. The van der Waals surface area contributed by atoms with E-state index in [1.54, 1.807) is 174 Å². The number of aromatic nitrogens is 2. The van der Waals surface area contributed by atoms with Gasteiger partial charge in [-0.05, 0) is 37.1 Å². The largest absolute Gasteiger partial charge is 0.889 e. The normalized spacial score (nSPS) is 9.82. The van der Waals surface area contributed by atoms with Crippen LogP contribution in [0, 0.1) is 0 Å². The number of ether oxygens (including phenoxy) is 2. The van der Waals surface area contributed by atoms with Crippen LogP contribution in [0.5, 0.6) is 11.5 Å². The number of fused-ring (bicyclic) bond motifs is 2. The van der Waals surface area contributed by atoms with Gasteiger partial charge in [0.25, 0.3) is 0 Å². The third kappa shape index (κ3) is 39.8. The zero-order valence-electron chi connectivity index (χ0n) is 63.7. The lowest BCUT2D eigenvalue weighted by Crippen LogP contribution is -2.55. The molecule has 0 aliphatic heterocycles. The molecule has 32 heteroatoms. The smallest absolute Gasteiger partial charge is 0.414 e. The van der Waals surface area contributed by atoms with Crippen LogP contribution in [-0.2, 0) is 13.1 Å². The summed E-state index contributed by atoms with van der Waals surface area (Å²) in [5.74, 6) is 1.18. The van der Waals surface area contributed by atoms with Crippen molar-refractivity contribution < 1.29 is 109 Å². The fourth-order valence-electron chi connectivity index (χ4n) is 9.85. The molecule has 0 radical (unpaired) electrons. The Morgan fingerprint density at radius 1 is 0.254 bits per heavy atom. The molecular weight excluding hydrogens is 1450 g/mol. The molecule has 0 saturated heterocycles. The number of aryl methyl sites for hydroxylation is 2. The lowest BCUT2D eigenvalue weighted by atomic mass is 9.81. The standard InChI is InChI=1S/C34H44N4O4.8C6H5BO2/c1-35(2)33(39)41-31-17-13-15-27-25-37(23-19-29(27)31)21-11-9-7-5-6-8-10-12-22-38-24-20-30-28(26-38)16-14-18-32(30)42-34(40)36(3)4;8*8-7(9)6-4-2-1-3-5-6/h13-20,23-26H,5-12,21-22H2,1-4H3;8*1-5H/q+2;8*-2. The molecule has 590 valence electrons. The maximum absolute atomic E-state index is 12.0. The Kier molecular flexibility index (Phi) is 46.9. The van der Waals surface area contributed by atoms with E-state index in [0.717, 1.165) is 47.5 Å². The highest BCUT2D eigenvalue weighted by Crippen LogP contribution is 2.26. The van der Waals surface area contributed by atoms with E-state index in [1.165, 1.54) is 145 Å². The van der Waals surface area contributed by atoms with Crippen molar-refractivity contribution in [2.75, 3.05) is 28.2 Å². The van der Waals surface area contributed by atoms with Crippen LogP contribution in [0.4, 0.5) is 9.59 Å². The first-order valence-corrected chi connectivity index (χ1v) is 36.3. The molecule has 0 N–H and O–H groups in total. The van der Waals surface area contributed by atoms with Gasteiger partial charge in [0, 0.05) is 74.7 Å². The van der Waals surface area contributed by atoms with Gasteiger partial charge in [-0.2, -0.15) is 0 Å². The SMILES string of the molecule is CN(C)C(=O)Oc1cccc2c[n+](CCCCCCCCCC[n+]3ccc4c(OC(=O)N(C)C)cccc4c3)ccc12.[O-]B([O-])c1ccccc1.[O-]B([O-])c1ccccc1.[O-]B([O-])c1ccccc1.[O-]B([O-])c1ccccc1.[O-]B([O-])c1ccccc1.[O-]B([O-])c1ccccc1.[O-]B([O-])c1ccccc1.[O-]B([O-])c1ccccc1. The third-order valence-corrected chi connectivity index (χ3v) is 16.0. The summed E-state index contributed by atoms with van der Waals surface area (Å²) in [6.45, 7) is 1.97. The first-order valence-electron chi connectivity index (χ1n) is 36.3. The second-order valence-corrected chi connectivity index (χ2v) is 25.2. The Balaban J connectivity index is 0.000000307. The molecule has 0 saturated carbocycles. The van der Waals surface area contributed by atoms with E-state index < -0.39 is 56.9 Å². The number of amides is 2. The second kappa shape index (κ2) is 55.8. The summed E-state index contributed by atoms with van der Waals surface area (Å²) in [5.41, 5.74) is 2.43. The van der Waals surface area contributed by atoms with Crippen molar-refractivity contribution in [3.05, 3.63) is 316 Å². The van der Waals surface area contributed by atoms with Crippen LogP contribution >= 0.6 is 0 Å². The highest BCUT2D eigenvalue weighted by atomic mass is 16.6. The zero-order chi connectivity index (χ0) is 83.4. The minimum atomic E-state index is -1.84. The number of rotatable bonds is 21. The topological polar surface area (TPSA) is 436 Å². The van der Waals surface area contributed by atoms with E-state index in [2.05, 4.69) is 46.1 Å². The highest BCUT2D eigenvalue weighted by Gasteiger charge is 2.14. The van der Waals surface area contributed by atoms with Gasteiger partial charge >= 0.3 is 12.2 Å². The van der Waals surface area contributed by atoms with Gasteiger partial charge in [-0.15, -0.1) is 43.7 Å². The van der Waals surface area contributed by atoms with Crippen LogP contribution in [0.15, 0.2) is 316 Å². The van der Waals surface area contributed by atoms with Gasteiger partial charge in [-0.3, -0.25) is 0 Å². The number of pyridine rings is 2. The van der Waals surface area contributed by atoms with E-state index in [1.807, 2.05) is 36.4 Å². The molecule has 0 unspecified atom stereocenters. The van der Waals surface area contributed by atoms with Gasteiger partial charge in [0.1, 0.15) is 24.6 Å². The summed E-state index contributed by atoms with van der Waals surface area (Å²) in [4.78, 5) is 26.8. The molecule has 114 heavy (non-hydrogen) atoms. The second-order valence-electron chi connectivity index (χ2n) is 25.2. The zero-order valence-corrected chi connectivity index (χ0v) is 63.7. The van der Waals surface area contributed by atoms with E-state index in [9.17, 15) is 90.0 Å². The Morgan fingerprint density at radius 2 is 0.439 bits per heavy atom. The van der Waals surface area contributed by atoms with Crippen molar-refractivity contribution in [1.82, 2.24) is 9.80 Å². The number of benzene rings is 10. The molecular formula is C82H84B8N4O20-14. The number of unbranched alkanes of at least 4 members (excludes halogenated alkanes) is 7. The van der Waals surface area contributed by atoms with Crippen LogP contribution in [0.2, 0.25) is 0 Å². The summed E-state index contributed by atoms with van der Waals surface area (Å²) in [6.07, 6.45) is 17.5. The predicted molar refractivity (Wildman–Crippen MR) is 419 cm³/mol. The Bertz CT molecular complexity index is 3870. The van der Waals surface area contributed by atoms with Crippen molar-refractivity contribution in [1.29, 1.82) is 0 Å². The van der Waals surface area contributed by atoms with Crippen molar-refractivity contribution in [2.24, 2.45) is 0 Å². The summed E-state index contributed by atoms with van der Waals surface area (Å²) in [5, 5.41) is 167. The van der Waals surface area contributed by atoms with Crippen LogP contribution in [0.3, 0.4) is 0 Å². The van der Waals surface area contributed by atoms with Crippen LogP contribution in [0.25, 0.3) is 21.5 Å². The minimum absolute atomic E-state index is 0.303. The molecule has 0 fully saturated rings. The quantitative estimate of drug-likeness (QED) is 0.0366. The molecule has 12 rings (SSSR count). The fourth-order valence-corrected chi connectivity index (χ4v) is 9.85. The lowest BCUT2D eigenvalue weighted by molar-refractivity contribution is -0.696. The van der Waals surface area contributed by atoms with Gasteiger partial charge in [0.15, 0.2) is 24.8 Å². The maximum Gasteiger partial charge on any atom is 0.414 e. The first-order chi connectivity index (χ1) is 54.7. The van der Waals surface area contributed by atoms with Crippen molar-refractivity contribution >= 4 is 134 Å². The molecule has 2 amide bonds. The Labute approximate surface area is 669 Å². The summed E-state index contributed by atoms with van der Waals surface area (Å²) in [7, 11) is -8.01. The number of carbonyl (C=O) groups is 2. The number of carbonyl (C=O) groups excluding carboxylic acids is 2. The third-order valence-electron chi connectivity index (χ3n) is 16.0. The molecule has 0 aliphatic rings. The average Bonchev–Trinajstić information content (AvgIpc) is 0.817. The predicted octanol–water partition coefficient (Wildman–Crippen LogP) is -8.67. The summed E-state index contributed by atoms with van der Waals surface area (Å²) in [6, 6.07) is 81.2. The van der Waals surface area contributed by atoms with E-state index >= 15 is 0 Å². The van der Waals surface area contributed by atoms with Crippen molar-refractivity contribution in [3.63, 3.8) is 0 Å². The van der Waals surface area contributed by atoms with E-state index in [4.69, 9.17) is 9.47 Å². The van der Waals surface area contributed by atoms with E-state index in [0.29, 0.717) is 55.2 Å². The van der Waals surface area contributed by atoms with Gasteiger partial charge in [-0.1, -0.05) is 337 Å². The molecule has 0 aliphatic carbocycles. The van der Waals surface area contributed by atoms with E-state index in [-0.39, 0.29) is 12.2 Å². The van der Waals surface area contributed by atoms with Gasteiger partial charge in [0.2, 0.25) is 0 Å². The monoisotopic (exact) mass is 1530 g/mol. The van der Waals surface area contributed by atoms with Crippen molar-refractivity contribution in [2.45, 2.75) is 64.5 Å². The molecule has 10 aromatic carbocycles. The van der Waals surface area contributed by atoms with Crippen LogP contribution in [-0.4, -0.2) is 107 Å². The lowest BCUT2D eigenvalue weighted by Gasteiger charge is -2.26. The molecule has 2 heterocycles. The summed E-state index contributed by atoms with van der Waals surface area (Å²) < 4.78 is 15.5.